The van der Waals surface area contributed by atoms with Gasteiger partial charge in [0.15, 0.2) is 15.9 Å². The zero-order chi connectivity index (χ0) is 26.7. The molecule has 0 bridgehead atoms. The van der Waals surface area contributed by atoms with E-state index in [1.165, 1.54) is 0 Å². The van der Waals surface area contributed by atoms with E-state index >= 15 is 0 Å². The van der Waals surface area contributed by atoms with Crippen LogP contribution in [0, 0.1) is 31.1 Å². The number of aryl methyl sites for hydroxylation is 2. The summed E-state index contributed by atoms with van der Waals surface area (Å²) >= 11 is 1.57. The van der Waals surface area contributed by atoms with Crippen LogP contribution in [0.5, 0.6) is 5.75 Å². The Hall–Kier alpha value is -3.15. The third kappa shape index (κ3) is 6.54. The fourth-order valence-corrected chi connectivity index (χ4v) is 5.97. The molecule has 8 heteroatoms. The van der Waals surface area contributed by atoms with Gasteiger partial charge in [0.1, 0.15) is 5.75 Å². The van der Waals surface area contributed by atoms with Crippen LogP contribution in [0.15, 0.2) is 47.4 Å². The first-order valence-electron chi connectivity index (χ1n) is 11.6. The molecule has 36 heavy (non-hydrogen) atoms. The molecule has 1 aromatic heterocycles. The highest BCUT2D eigenvalue weighted by Gasteiger charge is 2.34. The van der Waals surface area contributed by atoms with E-state index in [-0.39, 0.29) is 10.6 Å². The lowest BCUT2D eigenvalue weighted by Gasteiger charge is -2.28. The monoisotopic (exact) mass is 525 g/mol. The molecule has 3 aromatic rings. The number of ether oxygens (including phenoxy) is 1. The molecule has 0 fully saturated rings. The molecule has 1 atom stereocenters. The minimum atomic E-state index is -3.37. The highest BCUT2D eigenvalue weighted by atomic mass is 32.2. The van der Waals surface area contributed by atoms with Gasteiger partial charge in [0.2, 0.25) is 0 Å². The first-order valence-corrected chi connectivity index (χ1v) is 14.1. The normalized spacial score (nSPS) is 12.5. The highest BCUT2D eigenvalue weighted by molar-refractivity contribution is 7.91. The number of aromatic nitrogens is 1. The first kappa shape index (κ1) is 27.4. The van der Waals surface area contributed by atoms with Gasteiger partial charge in [-0.2, -0.15) is 0 Å². The Labute approximate surface area is 217 Å². The summed E-state index contributed by atoms with van der Waals surface area (Å²) in [6, 6.07) is 12.0. The molecule has 0 amide bonds. The molecule has 3 rings (SSSR count). The molecule has 0 aliphatic rings. The summed E-state index contributed by atoms with van der Waals surface area (Å²) < 4.78 is 31.0. The maximum absolute atomic E-state index is 12.5. The lowest BCUT2D eigenvalue weighted by Crippen LogP contribution is -2.39. The van der Waals surface area contributed by atoms with E-state index in [0.29, 0.717) is 23.3 Å². The molecule has 2 aromatic carbocycles. The number of carbonyl (C=O) groups is 1. The predicted octanol–water partition coefficient (Wildman–Crippen LogP) is 5.89. The van der Waals surface area contributed by atoms with Gasteiger partial charge < -0.3 is 9.84 Å². The molecule has 0 radical (unpaired) electrons. The number of thiazole rings is 1. The van der Waals surface area contributed by atoms with Gasteiger partial charge in [-0.3, -0.25) is 0 Å². The Bertz CT molecular complexity index is 1440. The number of benzene rings is 2. The maximum Gasteiger partial charge on any atom is 0.345 e. The van der Waals surface area contributed by atoms with Crippen LogP contribution in [-0.2, 0) is 14.6 Å². The molecular formula is C28H31NO5S2. The predicted molar refractivity (Wildman–Crippen MR) is 143 cm³/mol. The fourth-order valence-electron chi connectivity index (χ4n) is 3.69. The van der Waals surface area contributed by atoms with E-state index in [2.05, 4.69) is 16.8 Å². The van der Waals surface area contributed by atoms with Crippen LogP contribution in [0.4, 0.5) is 0 Å². The Morgan fingerprint density at radius 1 is 1.14 bits per heavy atom. The van der Waals surface area contributed by atoms with Crippen LogP contribution >= 0.6 is 11.3 Å². The van der Waals surface area contributed by atoms with Gasteiger partial charge >= 0.3 is 5.97 Å². The van der Waals surface area contributed by atoms with E-state index in [9.17, 15) is 18.3 Å². The van der Waals surface area contributed by atoms with Crippen molar-refractivity contribution in [1.82, 2.24) is 4.98 Å². The summed E-state index contributed by atoms with van der Waals surface area (Å²) in [6.45, 7) is 11.1. The third-order valence-corrected chi connectivity index (χ3v) is 8.45. The van der Waals surface area contributed by atoms with Gasteiger partial charge in [-0.05, 0) is 62.2 Å². The molecule has 0 spiro atoms. The highest BCUT2D eigenvalue weighted by Crippen LogP contribution is 2.34. The first-order chi connectivity index (χ1) is 16.8. The van der Waals surface area contributed by atoms with Crippen LogP contribution in [0.2, 0.25) is 0 Å². The van der Waals surface area contributed by atoms with Gasteiger partial charge in [-0.1, -0.05) is 45.6 Å². The average molecular weight is 526 g/mol. The minimum Gasteiger partial charge on any atom is -0.478 e. The van der Waals surface area contributed by atoms with Crippen molar-refractivity contribution in [2.45, 2.75) is 59.0 Å². The summed E-state index contributed by atoms with van der Waals surface area (Å²) in [6.07, 6.45) is -0.556. The van der Waals surface area contributed by atoms with E-state index in [4.69, 9.17) is 4.74 Å². The average Bonchev–Trinajstić information content (AvgIpc) is 3.13. The Morgan fingerprint density at radius 2 is 1.86 bits per heavy atom. The van der Waals surface area contributed by atoms with Crippen LogP contribution < -0.4 is 4.74 Å². The second kappa shape index (κ2) is 10.9. The zero-order valence-corrected chi connectivity index (χ0v) is 23.0. The van der Waals surface area contributed by atoms with Gasteiger partial charge in [0, 0.05) is 11.0 Å². The van der Waals surface area contributed by atoms with Crippen molar-refractivity contribution >= 4 is 27.1 Å². The molecule has 0 saturated carbocycles. The van der Waals surface area contributed by atoms with Gasteiger partial charge in [0.25, 0.3) is 0 Å². The molecule has 1 N–H and O–H groups in total. The van der Waals surface area contributed by atoms with Crippen molar-refractivity contribution in [2.75, 3.05) is 5.75 Å². The Morgan fingerprint density at radius 3 is 2.44 bits per heavy atom. The van der Waals surface area contributed by atoms with Crippen LogP contribution in [0.1, 0.15) is 55.9 Å². The molecule has 0 aliphatic carbocycles. The Balaban J connectivity index is 2.11. The molecular weight excluding hydrogens is 494 g/mol. The van der Waals surface area contributed by atoms with Crippen molar-refractivity contribution in [1.29, 1.82) is 0 Å². The smallest absolute Gasteiger partial charge is 0.345 e. The topological polar surface area (TPSA) is 93.6 Å². The van der Waals surface area contributed by atoms with Crippen molar-refractivity contribution in [3.63, 3.8) is 0 Å². The Kier molecular flexibility index (Phi) is 8.27. The van der Waals surface area contributed by atoms with Crippen LogP contribution in [-0.4, -0.2) is 36.3 Å². The zero-order valence-electron chi connectivity index (χ0n) is 21.4. The van der Waals surface area contributed by atoms with Gasteiger partial charge in [-0.15, -0.1) is 11.3 Å². The minimum absolute atomic E-state index is 0.0703. The van der Waals surface area contributed by atoms with Crippen LogP contribution in [0.25, 0.3) is 10.4 Å². The molecule has 0 aliphatic heterocycles. The van der Waals surface area contributed by atoms with Crippen LogP contribution in [0.3, 0.4) is 0 Å². The van der Waals surface area contributed by atoms with Crippen molar-refractivity contribution < 1.29 is 23.1 Å². The molecule has 1 unspecified atom stereocenters. The standard InChI is InChI=1S/C28H31NO5S2/c1-7-15-36(32,33)23-10-8-9-20(16-23)11-12-21-17-22(25-18(2)29-19(3)35-25)13-14-24(21)34-26(27(30)31)28(4,5)6/h8-10,13-14,16-17,26H,7,15H2,1-6H3,(H,30,31). The lowest BCUT2D eigenvalue weighted by molar-refractivity contribution is -0.150. The van der Waals surface area contributed by atoms with E-state index in [1.54, 1.807) is 62.4 Å². The van der Waals surface area contributed by atoms with E-state index in [0.717, 1.165) is 21.1 Å². The summed E-state index contributed by atoms with van der Waals surface area (Å²) in [5, 5.41) is 10.7. The number of sulfone groups is 1. The van der Waals surface area contributed by atoms with Crippen molar-refractivity contribution in [2.24, 2.45) is 5.41 Å². The summed E-state index contributed by atoms with van der Waals surface area (Å²) in [4.78, 5) is 17.7. The summed E-state index contributed by atoms with van der Waals surface area (Å²) in [7, 11) is -3.37. The molecule has 0 saturated heterocycles. The van der Waals surface area contributed by atoms with Crippen molar-refractivity contribution in [3.8, 4) is 28.0 Å². The molecule has 1 heterocycles. The third-order valence-electron chi connectivity index (χ3n) is 5.41. The number of carboxylic acids is 1. The van der Waals surface area contributed by atoms with E-state index < -0.39 is 27.3 Å². The van der Waals surface area contributed by atoms with Crippen molar-refractivity contribution in [3.05, 3.63) is 64.3 Å². The molecule has 6 nitrogen and oxygen atoms in total. The number of nitrogens with zero attached hydrogens (tertiary/aromatic N) is 1. The van der Waals surface area contributed by atoms with E-state index in [1.807, 2.05) is 32.9 Å². The lowest BCUT2D eigenvalue weighted by atomic mass is 9.89. The van der Waals surface area contributed by atoms with Gasteiger partial charge in [0.05, 0.1) is 31.8 Å². The quantitative estimate of drug-likeness (QED) is 0.387. The number of aliphatic carboxylic acids is 1. The number of hydrogen-bond donors (Lipinski definition) is 1. The summed E-state index contributed by atoms with van der Waals surface area (Å²) in [5.41, 5.74) is 2.20. The summed E-state index contributed by atoms with van der Waals surface area (Å²) in [5.74, 6) is 5.49. The molecule has 190 valence electrons. The number of hydrogen-bond acceptors (Lipinski definition) is 6. The second-order valence-electron chi connectivity index (χ2n) is 9.66. The maximum atomic E-state index is 12.5. The largest absolute Gasteiger partial charge is 0.478 e. The SMILES string of the molecule is CCCS(=O)(=O)c1cccc(C#Cc2cc(-c3sc(C)nc3C)ccc2OC(C(=O)O)C(C)(C)C)c1. The number of carboxylic acid groups (broad SMARTS) is 1. The fraction of sp³-hybridized carbons (Fsp3) is 0.357. The number of rotatable bonds is 7. The second-order valence-corrected chi connectivity index (χ2v) is 13.0. The van der Waals surface area contributed by atoms with Gasteiger partial charge in [-0.25, -0.2) is 18.2 Å².